The fourth-order valence-electron chi connectivity index (χ4n) is 2.82. The Hall–Kier alpha value is -3.52. The van der Waals surface area contributed by atoms with E-state index in [9.17, 15) is 19.7 Å². The van der Waals surface area contributed by atoms with Crippen molar-refractivity contribution in [3.63, 3.8) is 0 Å². The van der Waals surface area contributed by atoms with E-state index in [0.717, 1.165) is 10.4 Å². The van der Waals surface area contributed by atoms with Crippen LogP contribution in [0.5, 0.6) is 5.75 Å². The van der Waals surface area contributed by atoms with E-state index in [-0.39, 0.29) is 24.0 Å². The van der Waals surface area contributed by atoms with Crippen molar-refractivity contribution in [3.8, 4) is 5.75 Å². The molecule has 0 radical (unpaired) electrons. The molecule has 1 heterocycles. The summed E-state index contributed by atoms with van der Waals surface area (Å²) in [6, 6.07) is 17.4. The van der Waals surface area contributed by atoms with Crippen LogP contribution in [0.3, 0.4) is 0 Å². The minimum Gasteiger partial charge on any atom is -0.485 e. The zero-order chi connectivity index (χ0) is 21.5. The van der Waals surface area contributed by atoms with Gasteiger partial charge in [-0.15, -0.1) is 11.3 Å². The van der Waals surface area contributed by atoms with Crippen molar-refractivity contribution in [1.82, 2.24) is 5.32 Å². The number of nitro groups is 1. The van der Waals surface area contributed by atoms with Gasteiger partial charge in [0.15, 0.2) is 6.61 Å². The van der Waals surface area contributed by atoms with Gasteiger partial charge in [0.25, 0.3) is 5.69 Å². The first-order valence-corrected chi connectivity index (χ1v) is 10.0. The number of amides is 1. The van der Waals surface area contributed by atoms with Gasteiger partial charge in [0, 0.05) is 35.9 Å². The fourth-order valence-corrected chi connectivity index (χ4v) is 3.69. The summed E-state index contributed by atoms with van der Waals surface area (Å²) in [7, 11) is 0. The van der Waals surface area contributed by atoms with Crippen molar-refractivity contribution >= 4 is 28.7 Å². The number of thiophene rings is 1. The van der Waals surface area contributed by atoms with Gasteiger partial charge in [-0.3, -0.25) is 19.7 Å². The van der Waals surface area contributed by atoms with Crippen LogP contribution in [-0.4, -0.2) is 23.2 Å². The molecule has 0 spiro atoms. The fraction of sp³-hybridized carbons (Fsp3) is 0.182. The van der Waals surface area contributed by atoms with E-state index in [0.29, 0.717) is 29.2 Å². The first-order valence-electron chi connectivity index (χ1n) is 9.23. The maximum atomic E-state index is 12.5. The van der Waals surface area contributed by atoms with E-state index in [2.05, 4.69) is 5.32 Å². The predicted octanol–water partition coefficient (Wildman–Crippen LogP) is 4.14. The van der Waals surface area contributed by atoms with Crippen LogP contribution in [0.25, 0.3) is 0 Å². The molecule has 0 unspecified atom stereocenters. The Morgan fingerprint density at radius 2 is 1.87 bits per heavy atom. The Balaban J connectivity index is 1.71. The molecule has 0 saturated carbocycles. The third-order valence-corrected chi connectivity index (χ3v) is 5.43. The van der Waals surface area contributed by atoms with Gasteiger partial charge in [-0.25, -0.2) is 0 Å². The minimum atomic E-state index is -0.453. The Bertz CT molecular complexity index is 1060. The Kier molecular flexibility index (Phi) is 6.92. The molecule has 3 aromatic rings. The molecule has 0 bridgehead atoms. The topological polar surface area (TPSA) is 98.5 Å². The second-order valence-electron chi connectivity index (χ2n) is 6.60. The summed E-state index contributed by atoms with van der Waals surface area (Å²) in [4.78, 5) is 35.6. The van der Waals surface area contributed by atoms with Gasteiger partial charge in [-0.1, -0.05) is 30.3 Å². The number of carbonyl (C=O) groups is 2. The van der Waals surface area contributed by atoms with E-state index in [1.165, 1.54) is 36.5 Å². The van der Waals surface area contributed by atoms with E-state index >= 15 is 0 Å². The second-order valence-corrected chi connectivity index (χ2v) is 7.77. The lowest BCUT2D eigenvalue weighted by atomic mass is 10.0. The number of nitrogens with zero attached hydrogens (tertiary/aromatic N) is 1. The van der Waals surface area contributed by atoms with Crippen LogP contribution >= 0.6 is 11.3 Å². The van der Waals surface area contributed by atoms with Crippen LogP contribution in [0.1, 0.15) is 32.6 Å². The zero-order valence-corrected chi connectivity index (χ0v) is 17.1. The molecule has 154 valence electrons. The third-order valence-electron chi connectivity index (χ3n) is 4.30. The van der Waals surface area contributed by atoms with Crippen LogP contribution in [0.15, 0.2) is 60.7 Å². The van der Waals surface area contributed by atoms with E-state index in [1.807, 2.05) is 30.3 Å². The number of Topliss-reactive ketones (excluding diaryl/α,β-unsaturated/α-hetero) is 1. The molecule has 0 atom stereocenters. The molecule has 1 amide bonds. The number of nitro benzene ring substituents is 1. The van der Waals surface area contributed by atoms with Crippen LogP contribution in [0.2, 0.25) is 0 Å². The average molecular weight is 424 g/mol. The number of ether oxygens (including phenoxy) is 1. The van der Waals surface area contributed by atoms with E-state index in [4.69, 9.17) is 4.74 Å². The Morgan fingerprint density at radius 3 is 2.57 bits per heavy atom. The van der Waals surface area contributed by atoms with E-state index < -0.39 is 4.92 Å². The highest BCUT2D eigenvalue weighted by Gasteiger charge is 2.15. The number of benzene rings is 2. The van der Waals surface area contributed by atoms with Crippen molar-refractivity contribution in [2.45, 2.75) is 19.9 Å². The summed E-state index contributed by atoms with van der Waals surface area (Å²) in [5.74, 6) is 0.106. The molecule has 0 aliphatic rings. The standard InChI is InChI=1S/C22H20N2O5S/c1-15(25)23-13-19-8-10-22(30-19)20(26)14-29-21-9-7-18(24(27)28)12-17(21)11-16-5-3-2-4-6-16/h2-10,12H,11,13-14H2,1H3,(H,23,25). The molecule has 0 aliphatic heterocycles. The quantitative estimate of drug-likeness (QED) is 0.316. The Morgan fingerprint density at radius 1 is 1.10 bits per heavy atom. The number of nitrogens with one attached hydrogen (secondary N) is 1. The minimum absolute atomic E-state index is 0.0273. The number of non-ortho nitro benzene ring substituents is 1. The van der Waals surface area contributed by atoms with Gasteiger partial charge in [0.2, 0.25) is 11.7 Å². The van der Waals surface area contributed by atoms with Crippen molar-refractivity contribution < 1.29 is 19.2 Å². The molecule has 0 saturated heterocycles. The summed E-state index contributed by atoms with van der Waals surface area (Å²) in [6.45, 7) is 1.63. The summed E-state index contributed by atoms with van der Waals surface area (Å²) >= 11 is 1.30. The summed E-state index contributed by atoms with van der Waals surface area (Å²) in [6.07, 6.45) is 0.450. The molecule has 3 rings (SSSR count). The second kappa shape index (κ2) is 9.80. The summed E-state index contributed by atoms with van der Waals surface area (Å²) in [5, 5.41) is 13.8. The molecule has 1 aromatic heterocycles. The normalized spacial score (nSPS) is 10.4. The zero-order valence-electron chi connectivity index (χ0n) is 16.3. The first kappa shape index (κ1) is 21.2. The molecule has 1 N–H and O–H groups in total. The number of carbonyl (C=O) groups excluding carboxylic acids is 2. The van der Waals surface area contributed by atoms with Gasteiger partial charge >= 0.3 is 0 Å². The molecule has 0 aliphatic carbocycles. The molecule has 8 heteroatoms. The third kappa shape index (κ3) is 5.74. The smallest absolute Gasteiger partial charge is 0.269 e. The first-order chi connectivity index (χ1) is 14.4. The summed E-state index contributed by atoms with van der Waals surface area (Å²) < 4.78 is 5.73. The van der Waals surface area contributed by atoms with Crippen molar-refractivity contribution in [2.24, 2.45) is 0 Å². The number of hydrogen-bond donors (Lipinski definition) is 1. The van der Waals surface area contributed by atoms with Crippen LogP contribution in [-0.2, 0) is 17.8 Å². The highest BCUT2D eigenvalue weighted by molar-refractivity contribution is 7.14. The van der Waals surface area contributed by atoms with Crippen LogP contribution < -0.4 is 10.1 Å². The van der Waals surface area contributed by atoms with Gasteiger partial charge in [0.1, 0.15) is 5.75 Å². The van der Waals surface area contributed by atoms with Gasteiger partial charge < -0.3 is 10.1 Å². The predicted molar refractivity (Wildman–Crippen MR) is 114 cm³/mol. The number of hydrogen-bond acceptors (Lipinski definition) is 6. The number of rotatable bonds is 9. The molecular weight excluding hydrogens is 404 g/mol. The molecule has 0 fully saturated rings. The maximum absolute atomic E-state index is 12.5. The monoisotopic (exact) mass is 424 g/mol. The highest BCUT2D eigenvalue weighted by Crippen LogP contribution is 2.27. The SMILES string of the molecule is CC(=O)NCc1ccc(C(=O)COc2ccc([N+](=O)[O-])cc2Cc2ccccc2)s1. The van der Waals surface area contributed by atoms with Crippen molar-refractivity contribution in [3.05, 3.63) is 91.7 Å². The maximum Gasteiger partial charge on any atom is 0.269 e. The summed E-state index contributed by atoms with van der Waals surface area (Å²) in [5.41, 5.74) is 1.59. The lowest BCUT2D eigenvalue weighted by Crippen LogP contribution is -2.18. The van der Waals surface area contributed by atoms with Crippen LogP contribution in [0, 0.1) is 10.1 Å². The lowest BCUT2D eigenvalue weighted by molar-refractivity contribution is -0.384. The van der Waals surface area contributed by atoms with Gasteiger partial charge in [0.05, 0.1) is 16.3 Å². The lowest BCUT2D eigenvalue weighted by Gasteiger charge is -2.11. The van der Waals surface area contributed by atoms with Gasteiger partial charge in [-0.05, 0) is 23.8 Å². The average Bonchev–Trinajstić information content (AvgIpc) is 3.21. The molecule has 30 heavy (non-hydrogen) atoms. The molecule has 2 aromatic carbocycles. The van der Waals surface area contributed by atoms with Crippen molar-refractivity contribution in [2.75, 3.05) is 6.61 Å². The van der Waals surface area contributed by atoms with Crippen LogP contribution in [0.4, 0.5) is 5.69 Å². The van der Waals surface area contributed by atoms with Crippen molar-refractivity contribution in [1.29, 1.82) is 0 Å². The molecular formula is C22H20N2O5S. The highest BCUT2D eigenvalue weighted by atomic mass is 32.1. The van der Waals surface area contributed by atoms with E-state index in [1.54, 1.807) is 12.1 Å². The van der Waals surface area contributed by atoms with Gasteiger partial charge in [-0.2, -0.15) is 0 Å². The largest absolute Gasteiger partial charge is 0.485 e. The Labute approximate surface area is 177 Å². The number of ketones is 1. The molecule has 7 nitrogen and oxygen atoms in total.